The molecule has 0 N–H and O–H groups in total. The summed E-state index contributed by atoms with van der Waals surface area (Å²) in [6.07, 6.45) is 3.08. The molecule has 3 rings (SSSR count). The molecular weight excluding hydrogens is 332 g/mol. The Hall–Kier alpha value is -2.20. The van der Waals surface area contributed by atoms with E-state index in [1.165, 1.54) is 15.2 Å². The molecule has 0 aliphatic carbocycles. The first-order valence-corrected chi connectivity index (χ1v) is 9.02. The van der Waals surface area contributed by atoms with Gasteiger partial charge in [0.15, 0.2) is 0 Å². The van der Waals surface area contributed by atoms with Crippen LogP contribution in [0.5, 0.6) is 0 Å². The van der Waals surface area contributed by atoms with Gasteiger partial charge in [0.2, 0.25) is 10.0 Å². The molecule has 2 aromatic heterocycles. The maximum atomic E-state index is 12.7. The smallest absolute Gasteiger partial charge is 0.274 e. The van der Waals surface area contributed by atoms with E-state index in [0.29, 0.717) is 24.5 Å². The van der Waals surface area contributed by atoms with Gasteiger partial charge >= 0.3 is 0 Å². The Balaban J connectivity index is 1.71. The second kappa shape index (κ2) is 6.02. The van der Waals surface area contributed by atoms with Crippen molar-refractivity contribution < 1.29 is 13.2 Å². The molecule has 0 bridgehead atoms. The highest BCUT2D eigenvalue weighted by Gasteiger charge is 2.32. The van der Waals surface area contributed by atoms with Crippen molar-refractivity contribution in [2.24, 2.45) is 14.1 Å². The van der Waals surface area contributed by atoms with Gasteiger partial charge in [0.25, 0.3) is 5.91 Å². The van der Waals surface area contributed by atoms with Crippen molar-refractivity contribution in [2.45, 2.75) is 11.8 Å². The molecule has 0 unspecified atom stereocenters. The van der Waals surface area contributed by atoms with E-state index >= 15 is 0 Å². The molecular formula is C14H20N6O3S. The average Bonchev–Trinajstić information content (AvgIpc) is 3.14. The molecule has 0 saturated carbocycles. The predicted octanol–water partition coefficient (Wildman–Crippen LogP) is -0.391. The number of hydrogen-bond donors (Lipinski definition) is 0. The second-order valence-corrected chi connectivity index (χ2v) is 7.70. The number of hydrogen-bond acceptors (Lipinski definition) is 5. The van der Waals surface area contributed by atoms with Gasteiger partial charge in [-0.1, -0.05) is 0 Å². The SMILES string of the molecule is Cc1c(S(=O)(=O)N2CCN(C(=O)c3ccn(C)n3)CC2)cnn1C. The van der Waals surface area contributed by atoms with Crippen molar-refractivity contribution in [1.82, 2.24) is 28.8 Å². The largest absolute Gasteiger partial charge is 0.335 e. The van der Waals surface area contributed by atoms with Crippen molar-refractivity contribution in [1.29, 1.82) is 0 Å². The fourth-order valence-electron chi connectivity index (χ4n) is 2.69. The quantitative estimate of drug-likeness (QED) is 0.750. The molecule has 0 aromatic carbocycles. The van der Waals surface area contributed by atoms with Gasteiger partial charge in [0.05, 0.1) is 11.9 Å². The molecule has 24 heavy (non-hydrogen) atoms. The lowest BCUT2D eigenvalue weighted by molar-refractivity contribution is 0.0691. The molecule has 0 radical (unpaired) electrons. The number of aryl methyl sites for hydroxylation is 2. The van der Waals surface area contributed by atoms with Crippen LogP contribution in [0.4, 0.5) is 0 Å². The molecule has 130 valence electrons. The lowest BCUT2D eigenvalue weighted by Crippen LogP contribution is -2.50. The third kappa shape index (κ3) is 2.82. The first-order chi connectivity index (χ1) is 11.3. The van der Waals surface area contributed by atoms with Crippen LogP contribution in [-0.4, -0.2) is 69.3 Å². The average molecular weight is 352 g/mol. The van der Waals surface area contributed by atoms with Crippen LogP contribution in [-0.2, 0) is 24.1 Å². The van der Waals surface area contributed by atoms with Gasteiger partial charge in [0, 0.05) is 46.5 Å². The summed E-state index contributed by atoms with van der Waals surface area (Å²) in [6.45, 7) is 2.92. The van der Waals surface area contributed by atoms with E-state index in [2.05, 4.69) is 10.2 Å². The monoisotopic (exact) mass is 352 g/mol. The molecule has 0 atom stereocenters. The third-order valence-electron chi connectivity index (χ3n) is 4.27. The highest BCUT2D eigenvalue weighted by molar-refractivity contribution is 7.89. The van der Waals surface area contributed by atoms with Gasteiger partial charge in [-0.3, -0.25) is 14.2 Å². The second-order valence-electron chi connectivity index (χ2n) is 5.79. The standard InChI is InChI=1S/C14H20N6O3S/c1-11-13(10-15-18(11)3)24(22,23)20-8-6-19(7-9-20)14(21)12-4-5-17(2)16-12/h4-5,10H,6-9H2,1-3H3. The Morgan fingerprint density at radius 3 is 2.33 bits per heavy atom. The van der Waals surface area contributed by atoms with Crippen molar-refractivity contribution in [3.05, 3.63) is 29.8 Å². The predicted molar refractivity (Wildman–Crippen MR) is 85.8 cm³/mol. The van der Waals surface area contributed by atoms with E-state index in [0.717, 1.165) is 0 Å². The molecule has 9 nitrogen and oxygen atoms in total. The summed E-state index contributed by atoms with van der Waals surface area (Å²) in [5.41, 5.74) is 0.971. The zero-order chi connectivity index (χ0) is 17.5. The van der Waals surface area contributed by atoms with Crippen LogP contribution >= 0.6 is 0 Å². The van der Waals surface area contributed by atoms with E-state index in [4.69, 9.17) is 0 Å². The zero-order valence-electron chi connectivity index (χ0n) is 13.9. The van der Waals surface area contributed by atoms with Crippen molar-refractivity contribution >= 4 is 15.9 Å². The van der Waals surface area contributed by atoms with Crippen LogP contribution in [0, 0.1) is 6.92 Å². The molecule has 0 spiro atoms. The van der Waals surface area contributed by atoms with Gasteiger partial charge in [-0.25, -0.2) is 8.42 Å². The Kier molecular flexibility index (Phi) is 4.18. The first-order valence-electron chi connectivity index (χ1n) is 7.58. The van der Waals surface area contributed by atoms with E-state index < -0.39 is 10.0 Å². The Labute approximate surface area is 140 Å². The maximum absolute atomic E-state index is 12.7. The lowest BCUT2D eigenvalue weighted by Gasteiger charge is -2.33. The number of rotatable bonds is 3. The van der Waals surface area contributed by atoms with E-state index in [9.17, 15) is 13.2 Å². The minimum Gasteiger partial charge on any atom is -0.335 e. The number of sulfonamides is 1. The summed E-state index contributed by atoms with van der Waals surface area (Å²) in [6, 6.07) is 1.66. The van der Waals surface area contributed by atoms with Crippen molar-refractivity contribution in [2.75, 3.05) is 26.2 Å². The molecule has 3 heterocycles. The number of piperazine rings is 1. The number of amides is 1. The van der Waals surface area contributed by atoms with Crippen LogP contribution in [0.15, 0.2) is 23.4 Å². The zero-order valence-corrected chi connectivity index (χ0v) is 14.7. The normalized spacial score (nSPS) is 16.5. The summed E-state index contributed by atoms with van der Waals surface area (Å²) in [5.74, 6) is -0.176. The highest BCUT2D eigenvalue weighted by atomic mass is 32.2. The number of carbonyl (C=O) groups is 1. The first kappa shape index (κ1) is 16.7. The molecule has 1 aliphatic rings. The minimum absolute atomic E-state index is 0.176. The molecule has 1 saturated heterocycles. The van der Waals surface area contributed by atoms with Crippen LogP contribution in [0.3, 0.4) is 0 Å². The molecule has 1 amide bonds. The van der Waals surface area contributed by atoms with Crippen LogP contribution in [0.25, 0.3) is 0 Å². The molecule has 10 heteroatoms. The molecule has 1 aliphatic heterocycles. The van der Waals surface area contributed by atoms with Crippen LogP contribution in [0.1, 0.15) is 16.2 Å². The Morgan fingerprint density at radius 2 is 1.83 bits per heavy atom. The van der Waals surface area contributed by atoms with Crippen molar-refractivity contribution in [3.63, 3.8) is 0 Å². The summed E-state index contributed by atoms with van der Waals surface area (Å²) < 4.78 is 30.0. The summed E-state index contributed by atoms with van der Waals surface area (Å²) in [4.78, 5) is 14.2. The van der Waals surface area contributed by atoms with Gasteiger partial charge in [0.1, 0.15) is 10.6 Å². The van der Waals surface area contributed by atoms with E-state index in [1.807, 2.05) is 0 Å². The number of aromatic nitrogens is 4. The Morgan fingerprint density at radius 1 is 1.17 bits per heavy atom. The third-order valence-corrected chi connectivity index (χ3v) is 6.27. The molecule has 1 fully saturated rings. The van der Waals surface area contributed by atoms with E-state index in [-0.39, 0.29) is 23.9 Å². The number of carbonyl (C=O) groups excluding carboxylic acids is 1. The van der Waals surface area contributed by atoms with Gasteiger partial charge in [-0.05, 0) is 13.0 Å². The van der Waals surface area contributed by atoms with Crippen molar-refractivity contribution in [3.8, 4) is 0 Å². The maximum Gasteiger partial charge on any atom is 0.274 e. The Bertz CT molecular complexity index is 861. The lowest BCUT2D eigenvalue weighted by atomic mass is 10.3. The van der Waals surface area contributed by atoms with Gasteiger partial charge < -0.3 is 4.90 Å². The number of nitrogens with zero attached hydrogens (tertiary/aromatic N) is 6. The topological polar surface area (TPSA) is 93.3 Å². The summed E-state index contributed by atoms with van der Waals surface area (Å²) in [7, 11) is -0.136. The van der Waals surface area contributed by atoms with Crippen LogP contribution < -0.4 is 0 Å². The van der Waals surface area contributed by atoms with Gasteiger partial charge in [-0.2, -0.15) is 14.5 Å². The van der Waals surface area contributed by atoms with Crippen LogP contribution in [0.2, 0.25) is 0 Å². The van der Waals surface area contributed by atoms with E-state index in [1.54, 1.807) is 42.9 Å². The highest BCUT2D eigenvalue weighted by Crippen LogP contribution is 2.20. The fourth-order valence-corrected chi connectivity index (χ4v) is 4.30. The summed E-state index contributed by atoms with van der Waals surface area (Å²) >= 11 is 0. The van der Waals surface area contributed by atoms with Gasteiger partial charge in [-0.15, -0.1) is 0 Å². The fraction of sp³-hybridized carbons (Fsp3) is 0.500. The minimum atomic E-state index is -3.59. The molecule has 2 aromatic rings. The summed E-state index contributed by atoms with van der Waals surface area (Å²) in [5, 5.41) is 8.10.